The first-order valence-corrected chi connectivity index (χ1v) is 14.9. The number of hydrogen-bond acceptors (Lipinski definition) is 4. The molecule has 222 valence electrons. The lowest BCUT2D eigenvalue weighted by Gasteiger charge is -2.22. The second-order valence-electron chi connectivity index (χ2n) is 13.2. The maximum atomic E-state index is 12.6. The zero-order valence-electron chi connectivity index (χ0n) is 27.5. The summed E-state index contributed by atoms with van der Waals surface area (Å²) in [5.74, 6) is 0.673. The number of carbonyl (C=O) groups is 1. The van der Waals surface area contributed by atoms with Gasteiger partial charge in [0, 0.05) is 11.4 Å². The molecule has 3 aromatic rings. The number of carbonyl (C=O) groups excluding carboxylic acids is 1. The number of ether oxygens (including phenoxy) is 1. The van der Waals surface area contributed by atoms with E-state index < -0.39 is 11.6 Å². The fourth-order valence-electron chi connectivity index (χ4n) is 5.34. The smallest absolute Gasteiger partial charge is 0.351 e. The highest BCUT2D eigenvalue weighted by Gasteiger charge is 2.25. The second-order valence-corrected chi connectivity index (χ2v) is 13.2. The van der Waals surface area contributed by atoms with Gasteiger partial charge in [0.2, 0.25) is 5.62 Å². The Hall–Kier alpha value is -3.41. The third-order valence-corrected chi connectivity index (χ3v) is 7.44. The summed E-state index contributed by atoms with van der Waals surface area (Å²) in [6.07, 6.45) is 1.17. The van der Waals surface area contributed by atoms with Crippen LogP contribution in [0.4, 0.5) is 0 Å². The average molecular weight is 559 g/mol. The molecule has 0 aliphatic carbocycles. The SMILES string of the molecule is Cc1c(C)n(-c2c(C(C)C)cccc2C(C)C)c(=N/N=C/C(=O)OC(C)(C)C)n1-c1c(C(C)C)cccc1C(C)C. The normalized spacial score (nSPS) is 12.4. The Labute approximate surface area is 247 Å². The van der Waals surface area contributed by atoms with Gasteiger partial charge in [-0.15, -0.1) is 10.2 Å². The van der Waals surface area contributed by atoms with Crippen molar-refractivity contribution in [1.29, 1.82) is 0 Å². The van der Waals surface area contributed by atoms with Gasteiger partial charge in [-0.3, -0.25) is 9.13 Å². The van der Waals surface area contributed by atoms with Crippen LogP contribution in [-0.4, -0.2) is 26.9 Å². The third-order valence-electron chi connectivity index (χ3n) is 7.44. The maximum absolute atomic E-state index is 12.6. The number of hydrogen-bond donors (Lipinski definition) is 0. The number of rotatable bonds is 8. The number of aromatic nitrogens is 2. The van der Waals surface area contributed by atoms with Crippen molar-refractivity contribution in [3.8, 4) is 11.4 Å². The van der Waals surface area contributed by atoms with Gasteiger partial charge in [-0.05, 0) is 80.5 Å². The minimum atomic E-state index is -0.610. The van der Waals surface area contributed by atoms with Crippen LogP contribution in [0.5, 0.6) is 0 Å². The largest absolute Gasteiger partial charge is 0.456 e. The Balaban J connectivity index is 2.56. The molecule has 1 aromatic heterocycles. The molecule has 0 atom stereocenters. The van der Waals surface area contributed by atoms with E-state index in [1.807, 2.05) is 20.8 Å². The minimum Gasteiger partial charge on any atom is -0.456 e. The van der Waals surface area contributed by atoms with Crippen molar-refractivity contribution < 1.29 is 9.53 Å². The molecule has 0 saturated carbocycles. The van der Waals surface area contributed by atoms with Gasteiger partial charge in [-0.2, -0.15) is 0 Å². The van der Waals surface area contributed by atoms with Crippen LogP contribution in [0.15, 0.2) is 46.6 Å². The highest BCUT2D eigenvalue weighted by atomic mass is 16.6. The minimum absolute atomic E-state index is 0.298. The predicted molar refractivity (Wildman–Crippen MR) is 171 cm³/mol. The van der Waals surface area contributed by atoms with E-state index >= 15 is 0 Å². The molecule has 41 heavy (non-hydrogen) atoms. The van der Waals surface area contributed by atoms with Crippen LogP contribution in [0, 0.1) is 13.8 Å². The summed E-state index contributed by atoms with van der Waals surface area (Å²) in [6, 6.07) is 13.1. The topological polar surface area (TPSA) is 60.9 Å². The Morgan fingerprint density at radius 2 is 1.05 bits per heavy atom. The fourth-order valence-corrected chi connectivity index (χ4v) is 5.34. The fraction of sp³-hybridized carbons (Fsp3) is 0.514. The van der Waals surface area contributed by atoms with E-state index in [0.29, 0.717) is 29.3 Å². The van der Waals surface area contributed by atoms with Crippen molar-refractivity contribution >= 4 is 12.2 Å². The van der Waals surface area contributed by atoms with Crippen LogP contribution >= 0.6 is 0 Å². The van der Waals surface area contributed by atoms with Crippen molar-refractivity contribution in [1.82, 2.24) is 9.13 Å². The van der Waals surface area contributed by atoms with Gasteiger partial charge < -0.3 is 4.74 Å². The second kappa shape index (κ2) is 12.6. The van der Waals surface area contributed by atoms with Crippen molar-refractivity contribution in [3.63, 3.8) is 0 Å². The third kappa shape index (κ3) is 6.91. The molecular formula is C35H50N4O2. The molecule has 0 aliphatic rings. The van der Waals surface area contributed by atoms with Crippen molar-refractivity contribution in [2.24, 2.45) is 10.2 Å². The zero-order valence-corrected chi connectivity index (χ0v) is 27.5. The highest BCUT2D eigenvalue weighted by Crippen LogP contribution is 2.35. The monoisotopic (exact) mass is 558 g/mol. The van der Waals surface area contributed by atoms with Crippen LogP contribution in [0.2, 0.25) is 0 Å². The summed E-state index contributed by atoms with van der Waals surface area (Å²) in [6.45, 7) is 27.6. The number of para-hydroxylation sites is 2. The summed E-state index contributed by atoms with van der Waals surface area (Å²) in [4.78, 5) is 12.6. The Morgan fingerprint density at radius 1 is 0.707 bits per heavy atom. The van der Waals surface area contributed by atoms with Crippen LogP contribution in [0.25, 0.3) is 11.4 Å². The van der Waals surface area contributed by atoms with Crippen LogP contribution in [-0.2, 0) is 9.53 Å². The van der Waals surface area contributed by atoms with E-state index in [-0.39, 0.29) is 0 Å². The number of imidazole rings is 1. The van der Waals surface area contributed by atoms with E-state index in [1.54, 1.807) is 0 Å². The number of esters is 1. The summed E-state index contributed by atoms with van der Waals surface area (Å²) < 4.78 is 9.96. The molecule has 2 aromatic carbocycles. The molecule has 0 N–H and O–H groups in total. The Kier molecular flexibility index (Phi) is 9.89. The van der Waals surface area contributed by atoms with Gasteiger partial charge in [0.1, 0.15) is 11.8 Å². The van der Waals surface area contributed by atoms with E-state index in [0.717, 1.165) is 22.8 Å². The summed E-state index contributed by atoms with van der Waals surface area (Å²) in [5, 5.41) is 9.14. The molecule has 3 rings (SSSR count). The van der Waals surface area contributed by atoms with E-state index in [1.165, 1.54) is 28.5 Å². The lowest BCUT2D eigenvalue weighted by atomic mass is 9.92. The first-order valence-electron chi connectivity index (χ1n) is 14.9. The van der Waals surface area contributed by atoms with Crippen molar-refractivity contribution in [2.75, 3.05) is 0 Å². The van der Waals surface area contributed by atoms with Gasteiger partial charge in [0.15, 0.2) is 0 Å². The molecular weight excluding hydrogens is 508 g/mol. The quantitative estimate of drug-likeness (QED) is 0.158. The standard InChI is InChI=1S/C35H50N4O2/c1-21(2)27-16-14-17-28(22(3)4)32(27)38-25(9)26(10)39(34(38)37-36-20-31(40)41-35(11,12)13)33-29(23(5)6)18-15-19-30(33)24(7)8/h14-24H,1-13H3/b36-20+. The van der Waals surface area contributed by atoms with Gasteiger partial charge in [0.05, 0.1) is 11.4 Å². The molecule has 0 aliphatic heterocycles. The molecule has 0 bridgehead atoms. The van der Waals surface area contributed by atoms with Crippen molar-refractivity contribution in [3.05, 3.63) is 75.7 Å². The van der Waals surface area contributed by atoms with Gasteiger partial charge in [-0.25, -0.2) is 4.79 Å². The molecule has 0 spiro atoms. The Morgan fingerprint density at radius 3 is 1.34 bits per heavy atom. The maximum Gasteiger partial charge on any atom is 0.351 e. The lowest BCUT2D eigenvalue weighted by molar-refractivity contribution is -0.145. The van der Waals surface area contributed by atoms with E-state index in [9.17, 15) is 4.79 Å². The molecule has 0 saturated heterocycles. The zero-order chi connectivity index (χ0) is 30.8. The summed E-state index contributed by atoms with van der Waals surface area (Å²) in [5.41, 5.74) is 9.47. The Bertz CT molecular complexity index is 1350. The molecule has 0 radical (unpaired) electrons. The molecule has 1 heterocycles. The van der Waals surface area contributed by atoms with Gasteiger partial charge >= 0.3 is 5.97 Å². The molecule has 0 fully saturated rings. The number of benzene rings is 2. The van der Waals surface area contributed by atoms with Crippen LogP contribution in [0.3, 0.4) is 0 Å². The molecule has 0 amide bonds. The van der Waals surface area contributed by atoms with Gasteiger partial charge in [-0.1, -0.05) is 91.8 Å². The average Bonchev–Trinajstić information content (AvgIpc) is 3.10. The van der Waals surface area contributed by atoms with Crippen molar-refractivity contribution in [2.45, 2.75) is 119 Å². The summed E-state index contributed by atoms with van der Waals surface area (Å²) in [7, 11) is 0. The van der Waals surface area contributed by atoms with Crippen LogP contribution < -0.4 is 5.62 Å². The highest BCUT2D eigenvalue weighted by molar-refractivity contribution is 6.23. The molecule has 6 nitrogen and oxygen atoms in total. The van der Waals surface area contributed by atoms with E-state index in [4.69, 9.17) is 9.84 Å². The first-order chi connectivity index (χ1) is 19.1. The molecule has 6 heteroatoms. The van der Waals surface area contributed by atoms with Crippen LogP contribution in [0.1, 0.15) is 133 Å². The first kappa shape index (κ1) is 32.1. The number of nitrogens with zero attached hydrogens (tertiary/aromatic N) is 4. The lowest BCUT2D eigenvalue weighted by Crippen LogP contribution is -2.28. The van der Waals surface area contributed by atoms with Gasteiger partial charge in [0.25, 0.3) is 0 Å². The molecule has 0 unspecified atom stereocenters. The predicted octanol–water partition coefficient (Wildman–Crippen LogP) is 8.61. The van der Waals surface area contributed by atoms with E-state index in [2.05, 4.69) is 120 Å². The summed E-state index contributed by atoms with van der Waals surface area (Å²) >= 11 is 0.